The maximum Gasteiger partial charge on any atom is 0.239 e. The minimum Gasteiger partial charge on any atom is -0.370 e. The van der Waals surface area contributed by atoms with Crippen molar-refractivity contribution in [3.05, 3.63) is 0 Å². The number of amides is 2. The lowest BCUT2D eigenvalue weighted by molar-refractivity contribution is -0.121. The molecule has 1 aliphatic rings. The number of likely N-dealkylation sites (tertiary alicyclic amines) is 1. The average molecular weight is 311 g/mol. The fraction of sp³-hybridized carbons (Fsp3) is 0.800. The Morgan fingerprint density at radius 2 is 2.05 bits per heavy atom. The highest BCUT2D eigenvalue weighted by molar-refractivity contribution is 5.86. The number of carbonyl (C=O) groups excluding carboxylic acids is 2. The average Bonchev–Trinajstić information content (AvgIpc) is 2.37. The van der Waals surface area contributed by atoms with Crippen molar-refractivity contribution in [3.63, 3.8) is 0 Å². The molecule has 22 heavy (non-hydrogen) atoms. The maximum atomic E-state index is 11.9. The lowest BCUT2D eigenvalue weighted by atomic mass is 9.95. The summed E-state index contributed by atoms with van der Waals surface area (Å²) in [4.78, 5) is 29.2. The van der Waals surface area contributed by atoms with Gasteiger partial charge in [0.25, 0.3) is 0 Å². The van der Waals surface area contributed by atoms with Crippen LogP contribution < -0.4 is 16.4 Å². The third-order valence-electron chi connectivity index (χ3n) is 3.44. The van der Waals surface area contributed by atoms with E-state index in [-0.39, 0.29) is 29.8 Å². The van der Waals surface area contributed by atoms with E-state index in [4.69, 9.17) is 5.73 Å². The molecule has 0 aromatic rings. The van der Waals surface area contributed by atoms with E-state index in [0.29, 0.717) is 12.4 Å². The molecule has 1 heterocycles. The summed E-state index contributed by atoms with van der Waals surface area (Å²) in [6, 6.07) is 0. The van der Waals surface area contributed by atoms with Gasteiger partial charge in [-0.05, 0) is 39.5 Å². The number of primary amides is 1. The predicted octanol–water partition coefficient (Wildman–Crippen LogP) is 0.0639. The summed E-state index contributed by atoms with van der Waals surface area (Å²) in [5, 5.41) is 5.98. The number of hydrogen-bond acceptors (Lipinski definition) is 3. The highest BCUT2D eigenvalue weighted by atomic mass is 16.2. The number of hydrogen-bond donors (Lipinski definition) is 3. The van der Waals surface area contributed by atoms with Gasteiger partial charge in [0.05, 0.1) is 6.54 Å². The van der Waals surface area contributed by atoms with Gasteiger partial charge in [-0.25, -0.2) is 0 Å². The molecule has 0 bridgehead atoms. The van der Waals surface area contributed by atoms with Gasteiger partial charge in [0, 0.05) is 32.1 Å². The molecule has 1 unspecified atom stereocenters. The van der Waals surface area contributed by atoms with Crippen molar-refractivity contribution in [1.82, 2.24) is 15.5 Å². The Balaban J connectivity index is 2.50. The van der Waals surface area contributed by atoms with Crippen LogP contribution in [0, 0.1) is 5.92 Å². The molecule has 0 aromatic carbocycles. The number of piperidine rings is 1. The van der Waals surface area contributed by atoms with E-state index in [2.05, 4.69) is 20.5 Å². The lowest BCUT2D eigenvalue weighted by Crippen LogP contribution is -2.51. The van der Waals surface area contributed by atoms with E-state index < -0.39 is 0 Å². The van der Waals surface area contributed by atoms with Crippen LogP contribution in [0.4, 0.5) is 0 Å². The maximum absolute atomic E-state index is 11.9. The van der Waals surface area contributed by atoms with Gasteiger partial charge in [-0.3, -0.25) is 14.6 Å². The molecule has 0 radical (unpaired) electrons. The summed E-state index contributed by atoms with van der Waals surface area (Å²) in [5.41, 5.74) is 5.03. The van der Waals surface area contributed by atoms with Gasteiger partial charge >= 0.3 is 0 Å². The van der Waals surface area contributed by atoms with Gasteiger partial charge in [0.1, 0.15) is 0 Å². The summed E-state index contributed by atoms with van der Waals surface area (Å²) in [6.45, 7) is 7.62. The van der Waals surface area contributed by atoms with Crippen molar-refractivity contribution in [2.75, 3.05) is 26.7 Å². The van der Waals surface area contributed by atoms with E-state index >= 15 is 0 Å². The fourth-order valence-electron chi connectivity index (χ4n) is 2.66. The van der Waals surface area contributed by atoms with Crippen molar-refractivity contribution in [1.29, 1.82) is 0 Å². The highest BCUT2D eigenvalue weighted by Gasteiger charge is 2.24. The molecule has 1 aliphatic heterocycles. The normalized spacial score (nSPS) is 19.7. The van der Waals surface area contributed by atoms with Crippen molar-refractivity contribution in [3.8, 4) is 0 Å². The number of rotatable bonds is 4. The molecule has 2 amide bonds. The second-order valence-corrected chi connectivity index (χ2v) is 6.82. The molecule has 0 saturated carbocycles. The second-order valence-electron chi connectivity index (χ2n) is 6.82. The summed E-state index contributed by atoms with van der Waals surface area (Å²) in [5.74, 6) is 0.616. The molecule has 1 fully saturated rings. The van der Waals surface area contributed by atoms with Gasteiger partial charge in [-0.15, -0.1) is 0 Å². The minimum atomic E-state index is -0.264. The largest absolute Gasteiger partial charge is 0.370 e. The zero-order valence-corrected chi connectivity index (χ0v) is 14.1. The topological polar surface area (TPSA) is 99.8 Å². The molecule has 0 spiro atoms. The van der Waals surface area contributed by atoms with Crippen LogP contribution in [0.1, 0.15) is 40.0 Å². The van der Waals surface area contributed by atoms with Crippen molar-refractivity contribution in [2.24, 2.45) is 16.6 Å². The number of nitrogens with one attached hydrogen (secondary N) is 2. The van der Waals surface area contributed by atoms with Gasteiger partial charge in [-0.2, -0.15) is 0 Å². The van der Waals surface area contributed by atoms with Crippen LogP contribution in [0.3, 0.4) is 0 Å². The minimum absolute atomic E-state index is 0.0701. The SMILES string of the molecule is CN=C(NCC(=O)NC(C)(C)C)N1CCCC(CC(N)=O)C1. The first kappa shape index (κ1) is 18.3. The third-order valence-corrected chi connectivity index (χ3v) is 3.44. The number of nitrogens with zero attached hydrogens (tertiary/aromatic N) is 2. The number of carbonyl (C=O) groups is 2. The van der Waals surface area contributed by atoms with Crippen LogP contribution in [0.2, 0.25) is 0 Å². The Bertz CT molecular complexity index is 428. The quantitative estimate of drug-likeness (QED) is 0.505. The molecular weight excluding hydrogens is 282 g/mol. The summed E-state index contributed by atoms with van der Waals surface area (Å²) < 4.78 is 0. The Morgan fingerprint density at radius 3 is 2.59 bits per heavy atom. The summed E-state index contributed by atoms with van der Waals surface area (Å²) in [7, 11) is 1.70. The first-order valence-electron chi connectivity index (χ1n) is 7.76. The van der Waals surface area contributed by atoms with Crippen molar-refractivity contribution < 1.29 is 9.59 Å². The van der Waals surface area contributed by atoms with Crippen LogP contribution in [-0.4, -0.2) is 54.9 Å². The molecule has 0 aliphatic carbocycles. The Morgan fingerprint density at radius 1 is 1.36 bits per heavy atom. The third kappa shape index (κ3) is 6.78. The van der Waals surface area contributed by atoms with Crippen LogP contribution in [-0.2, 0) is 9.59 Å². The fourth-order valence-corrected chi connectivity index (χ4v) is 2.66. The second kappa shape index (κ2) is 8.00. The first-order chi connectivity index (χ1) is 10.2. The number of guanidine groups is 1. The van der Waals surface area contributed by atoms with E-state index in [1.165, 1.54) is 0 Å². The molecule has 1 rings (SSSR count). The van der Waals surface area contributed by atoms with Gasteiger partial charge < -0.3 is 21.3 Å². The standard InChI is InChI=1S/C15H29N5O2/c1-15(2,3)19-13(22)9-18-14(17-4)20-7-5-6-11(10-20)8-12(16)21/h11H,5-10H2,1-4H3,(H2,16,21)(H,17,18)(H,19,22). The van der Waals surface area contributed by atoms with E-state index in [9.17, 15) is 9.59 Å². The molecule has 7 nitrogen and oxygen atoms in total. The number of aliphatic imine (C=N–C) groups is 1. The van der Waals surface area contributed by atoms with Crippen LogP contribution >= 0.6 is 0 Å². The van der Waals surface area contributed by atoms with Gasteiger partial charge in [0.2, 0.25) is 11.8 Å². The molecule has 1 saturated heterocycles. The van der Waals surface area contributed by atoms with Crippen LogP contribution in [0.25, 0.3) is 0 Å². The van der Waals surface area contributed by atoms with Crippen molar-refractivity contribution in [2.45, 2.75) is 45.6 Å². The monoisotopic (exact) mass is 311 g/mol. The zero-order chi connectivity index (χ0) is 16.8. The number of nitrogens with two attached hydrogens (primary N) is 1. The molecule has 0 aromatic heterocycles. The Kier molecular flexibility index (Phi) is 6.64. The summed E-state index contributed by atoms with van der Waals surface area (Å²) in [6.07, 6.45) is 2.39. The van der Waals surface area contributed by atoms with Gasteiger partial charge in [-0.1, -0.05) is 0 Å². The van der Waals surface area contributed by atoms with Crippen molar-refractivity contribution >= 4 is 17.8 Å². The molecule has 7 heteroatoms. The predicted molar refractivity (Wildman–Crippen MR) is 87.4 cm³/mol. The van der Waals surface area contributed by atoms with E-state index in [1.54, 1.807) is 7.05 Å². The van der Waals surface area contributed by atoms with Crippen LogP contribution in [0.15, 0.2) is 4.99 Å². The Labute approximate surface area is 132 Å². The lowest BCUT2D eigenvalue weighted by Gasteiger charge is -2.34. The van der Waals surface area contributed by atoms with E-state index in [0.717, 1.165) is 25.9 Å². The smallest absolute Gasteiger partial charge is 0.239 e. The van der Waals surface area contributed by atoms with Gasteiger partial charge in [0.15, 0.2) is 5.96 Å². The molecule has 1 atom stereocenters. The molecule has 4 N–H and O–H groups in total. The summed E-state index contributed by atoms with van der Waals surface area (Å²) >= 11 is 0. The van der Waals surface area contributed by atoms with Crippen LogP contribution in [0.5, 0.6) is 0 Å². The highest BCUT2D eigenvalue weighted by Crippen LogP contribution is 2.19. The van der Waals surface area contributed by atoms with E-state index in [1.807, 2.05) is 20.8 Å². The molecular formula is C15H29N5O2. The zero-order valence-electron chi connectivity index (χ0n) is 14.1. The molecule has 126 valence electrons. The Hall–Kier alpha value is -1.79. The first-order valence-corrected chi connectivity index (χ1v) is 7.76.